The van der Waals surface area contributed by atoms with Crippen molar-refractivity contribution in [1.82, 2.24) is 0 Å². The Morgan fingerprint density at radius 1 is 0.509 bits per heavy atom. The molecule has 0 radical (unpaired) electrons. The van der Waals surface area contributed by atoms with Crippen LogP contribution in [0.25, 0.3) is 11.1 Å². The van der Waals surface area contributed by atoms with Gasteiger partial charge in [-0.15, -0.1) is 11.8 Å². The van der Waals surface area contributed by atoms with E-state index in [9.17, 15) is 0 Å². The predicted octanol–water partition coefficient (Wildman–Crippen LogP) is 13.1. The highest BCUT2D eigenvalue weighted by molar-refractivity contribution is 8.00. The van der Waals surface area contributed by atoms with Crippen LogP contribution in [0.15, 0.2) is 193 Å². The number of thioether (sulfide) groups is 1. The number of hydrogen-bond acceptors (Lipinski definition) is 4. The first-order chi connectivity index (χ1) is 26.3. The Bertz CT molecular complexity index is 2570. The largest absolute Gasteiger partial charge is 0.449 e. The van der Waals surface area contributed by atoms with Crippen molar-refractivity contribution in [1.29, 1.82) is 0 Å². The van der Waals surface area contributed by atoms with Gasteiger partial charge >= 0.3 is 0 Å². The molecule has 2 unspecified atom stereocenters. The van der Waals surface area contributed by atoms with Gasteiger partial charge < -0.3 is 14.4 Å². The number of para-hydroxylation sites is 1. The average Bonchev–Trinajstić information content (AvgIpc) is 3.75. The van der Waals surface area contributed by atoms with Crippen molar-refractivity contribution < 1.29 is 9.47 Å². The number of benzene rings is 7. The standard InChI is InChI=1S/C49H33NO2S/c1-4-14-32(15-5-1)49(33-16-6-2-7-17-33)40-22-12-10-21-38(40)47-41(49)26-28-43-48(47)52-42-27-24-36(31-44(42)51-43)50(34-18-8-3-9-19-34)35-25-29-46-39(30-35)37-20-11-13-23-45(37)53-46/h1-31,37,45H. The van der Waals surface area contributed by atoms with Crippen molar-refractivity contribution in [2.24, 2.45) is 0 Å². The van der Waals surface area contributed by atoms with Crippen LogP contribution in [0.3, 0.4) is 0 Å². The summed E-state index contributed by atoms with van der Waals surface area (Å²) >= 11 is 1.95. The van der Waals surface area contributed by atoms with Crippen LogP contribution in [0, 0.1) is 0 Å². The molecular formula is C49H33NO2S. The number of allylic oxidation sites excluding steroid dienone is 3. The summed E-state index contributed by atoms with van der Waals surface area (Å²) in [5.41, 5.74) is 11.2. The molecule has 11 rings (SSSR count). The zero-order valence-electron chi connectivity index (χ0n) is 28.7. The Labute approximate surface area is 313 Å². The van der Waals surface area contributed by atoms with E-state index in [2.05, 4.69) is 193 Å². The zero-order chi connectivity index (χ0) is 34.9. The van der Waals surface area contributed by atoms with Crippen molar-refractivity contribution in [2.45, 2.75) is 21.5 Å². The molecule has 7 aromatic rings. The summed E-state index contributed by atoms with van der Waals surface area (Å²) in [7, 11) is 0. The maximum absolute atomic E-state index is 6.95. The first-order valence-corrected chi connectivity index (χ1v) is 19.0. The van der Waals surface area contributed by atoms with E-state index in [1.165, 1.54) is 32.7 Å². The molecule has 0 amide bonds. The lowest BCUT2D eigenvalue weighted by molar-refractivity contribution is 0.360. The highest BCUT2D eigenvalue weighted by Crippen LogP contribution is 2.62. The van der Waals surface area contributed by atoms with E-state index < -0.39 is 5.41 Å². The Balaban J connectivity index is 1.03. The minimum atomic E-state index is -0.509. The summed E-state index contributed by atoms with van der Waals surface area (Å²) in [6.45, 7) is 0. The lowest BCUT2D eigenvalue weighted by Gasteiger charge is -2.34. The molecule has 2 heterocycles. The Hall–Kier alpha value is -6.23. The Morgan fingerprint density at radius 2 is 1.17 bits per heavy atom. The van der Waals surface area contributed by atoms with Crippen molar-refractivity contribution >= 4 is 28.8 Å². The van der Waals surface area contributed by atoms with E-state index in [1.807, 2.05) is 11.8 Å². The third-order valence-corrected chi connectivity index (χ3v) is 12.5. The van der Waals surface area contributed by atoms with Gasteiger partial charge in [0.1, 0.15) is 0 Å². The third kappa shape index (κ3) is 4.55. The van der Waals surface area contributed by atoms with Crippen molar-refractivity contribution in [2.75, 3.05) is 4.90 Å². The molecule has 0 bridgehead atoms. The van der Waals surface area contributed by atoms with Gasteiger partial charge in [-0.3, -0.25) is 0 Å². The van der Waals surface area contributed by atoms with Crippen LogP contribution in [0.2, 0.25) is 0 Å². The second-order valence-corrected chi connectivity index (χ2v) is 15.2. The maximum atomic E-state index is 6.95. The van der Waals surface area contributed by atoms with Crippen molar-refractivity contribution in [3.05, 3.63) is 216 Å². The molecule has 0 saturated carbocycles. The van der Waals surface area contributed by atoms with Crippen molar-refractivity contribution in [3.8, 4) is 34.1 Å². The molecule has 53 heavy (non-hydrogen) atoms. The van der Waals surface area contributed by atoms with Gasteiger partial charge in [-0.05, 0) is 81.9 Å². The summed E-state index contributed by atoms with van der Waals surface area (Å²) < 4.78 is 13.8. The molecule has 0 spiro atoms. The second-order valence-electron chi connectivity index (χ2n) is 13.9. The van der Waals surface area contributed by atoms with Gasteiger partial charge in [0.25, 0.3) is 0 Å². The minimum Gasteiger partial charge on any atom is -0.449 e. The van der Waals surface area contributed by atoms with E-state index in [4.69, 9.17) is 9.47 Å². The van der Waals surface area contributed by atoms with E-state index in [0.717, 1.165) is 33.9 Å². The first kappa shape index (κ1) is 30.4. The van der Waals surface area contributed by atoms with Crippen LogP contribution in [0.1, 0.15) is 33.7 Å². The molecular weight excluding hydrogens is 667 g/mol. The van der Waals surface area contributed by atoms with Gasteiger partial charge in [0.15, 0.2) is 23.0 Å². The highest BCUT2D eigenvalue weighted by Gasteiger charge is 2.48. The van der Waals surface area contributed by atoms with Crippen LogP contribution in [0.4, 0.5) is 17.1 Å². The molecule has 0 saturated heterocycles. The van der Waals surface area contributed by atoms with E-state index >= 15 is 0 Å². The van der Waals surface area contributed by atoms with Gasteiger partial charge in [-0.2, -0.15) is 0 Å². The van der Waals surface area contributed by atoms with Crippen LogP contribution in [-0.2, 0) is 5.41 Å². The highest BCUT2D eigenvalue weighted by atomic mass is 32.2. The average molecular weight is 700 g/mol. The molecule has 0 N–H and O–H groups in total. The number of hydrogen-bond donors (Lipinski definition) is 0. The lowest BCUT2D eigenvalue weighted by atomic mass is 9.68. The minimum absolute atomic E-state index is 0.378. The van der Waals surface area contributed by atoms with Gasteiger partial charge in [-0.25, -0.2) is 0 Å². The fourth-order valence-electron chi connectivity index (χ4n) is 8.89. The zero-order valence-corrected chi connectivity index (χ0v) is 29.5. The number of nitrogens with zero attached hydrogens (tertiary/aromatic N) is 1. The topological polar surface area (TPSA) is 21.7 Å². The second kappa shape index (κ2) is 11.9. The third-order valence-electron chi connectivity index (χ3n) is 11.1. The number of ether oxygens (including phenoxy) is 2. The monoisotopic (exact) mass is 699 g/mol. The Kier molecular flexibility index (Phi) is 6.83. The molecule has 7 aromatic carbocycles. The molecule has 0 aromatic heterocycles. The summed E-state index contributed by atoms with van der Waals surface area (Å²) in [6, 6.07) is 58.5. The van der Waals surface area contributed by atoms with E-state index in [1.54, 1.807) is 0 Å². The van der Waals surface area contributed by atoms with Crippen LogP contribution < -0.4 is 14.4 Å². The fourth-order valence-corrected chi connectivity index (χ4v) is 10.2. The van der Waals surface area contributed by atoms with Crippen LogP contribution in [-0.4, -0.2) is 5.25 Å². The van der Waals surface area contributed by atoms with E-state index in [0.29, 0.717) is 28.4 Å². The van der Waals surface area contributed by atoms with Gasteiger partial charge in [-0.1, -0.05) is 133 Å². The van der Waals surface area contributed by atoms with E-state index in [-0.39, 0.29) is 0 Å². The van der Waals surface area contributed by atoms with Gasteiger partial charge in [0, 0.05) is 39.1 Å². The smallest absolute Gasteiger partial charge is 0.178 e. The predicted molar refractivity (Wildman–Crippen MR) is 216 cm³/mol. The van der Waals surface area contributed by atoms with Crippen molar-refractivity contribution in [3.63, 3.8) is 0 Å². The summed E-state index contributed by atoms with van der Waals surface area (Å²) in [5, 5.41) is 0.448. The van der Waals surface area contributed by atoms with Gasteiger partial charge in [0.05, 0.1) is 11.1 Å². The molecule has 4 aliphatic rings. The summed E-state index contributed by atoms with van der Waals surface area (Å²) in [5.74, 6) is 3.23. The molecule has 2 aliphatic heterocycles. The Morgan fingerprint density at radius 3 is 1.96 bits per heavy atom. The van der Waals surface area contributed by atoms with Gasteiger partial charge in [0.2, 0.25) is 0 Å². The summed E-state index contributed by atoms with van der Waals surface area (Å²) in [6.07, 6.45) is 9.00. The molecule has 3 nitrogen and oxygen atoms in total. The molecule has 2 aliphatic carbocycles. The molecule has 252 valence electrons. The number of anilines is 3. The first-order valence-electron chi connectivity index (χ1n) is 18.2. The number of fused-ring (bicyclic) bond motifs is 9. The number of rotatable bonds is 5. The maximum Gasteiger partial charge on any atom is 0.178 e. The molecule has 0 fully saturated rings. The quantitative estimate of drug-likeness (QED) is 0.178. The fraction of sp³-hybridized carbons (Fsp3) is 0.0612. The summed E-state index contributed by atoms with van der Waals surface area (Å²) in [4.78, 5) is 3.66. The molecule has 4 heteroatoms. The van der Waals surface area contributed by atoms with Crippen LogP contribution >= 0.6 is 11.8 Å². The SMILES string of the molecule is C1=CC2Sc3ccc(N(c4ccccc4)c4ccc5c(c4)Oc4ccc6c(c4O5)-c4ccccc4C6(c4ccccc4)c4ccccc4)cc3C2C=C1. The normalized spacial score (nSPS) is 17.7. The lowest BCUT2D eigenvalue weighted by Crippen LogP contribution is -2.28. The molecule has 2 atom stereocenters. The van der Waals surface area contributed by atoms with Crippen LogP contribution in [0.5, 0.6) is 23.0 Å².